The molecule has 1 amide bonds. The molecule has 0 aliphatic rings. The zero-order valence-electron chi connectivity index (χ0n) is 12.6. The van der Waals surface area contributed by atoms with Gasteiger partial charge in [-0.3, -0.25) is 4.79 Å². The fourth-order valence-electron chi connectivity index (χ4n) is 2.22. The predicted molar refractivity (Wildman–Crippen MR) is 82.9 cm³/mol. The molecule has 0 aliphatic carbocycles. The fraction of sp³-hybridized carbons (Fsp3) is 0.467. The average Bonchev–Trinajstić information content (AvgIpc) is 2.84. The number of aromatic nitrogens is 2. The predicted octanol–water partition coefficient (Wildman–Crippen LogP) is 1.41. The Morgan fingerprint density at radius 1 is 1.29 bits per heavy atom. The largest absolute Gasteiger partial charge is 0.348 e. The third-order valence-corrected chi connectivity index (χ3v) is 3.96. The number of carbonyl (C=O) groups is 1. The summed E-state index contributed by atoms with van der Waals surface area (Å²) in [6.07, 6.45) is 0.861. The van der Waals surface area contributed by atoms with Crippen LogP contribution in [0.1, 0.15) is 38.8 Å². The molecule has 0 aliphatic heterocycles. The van der Waals surface area contributed by atoms with E-state index in [1.807, 2.05) is 39.0 Å². The van der Waals surface area contributed by atoms with Gasteiger partial charge in [0.2, 0.25) is 5.91 Å². The minimum Gasteiger partial charge on any atom is -0.348 e. The minimum atomic E-state index is -0.506. The molecule has 0 radical (unpaired) electrons. The second-order valence-corrected chi connectivity index (χ2v) is 5.53. The number of nitrogens with one attached hydrogen (secondary N) is 3. The molecular weight excluding hydrogens is 268 g/mol. The molecule has 5 N–H and O–H groups in total. The molecule has 0 saturated heterocycles. The van der Waals surface area contributed by atoms with Gasteiger partial charge in [-0.2, -0.15) is 0 Å². The highest BCUT2D eigenvalue weighted by Crippen LogP contribution is 2.17. The number of fused-ring (bicyclic) bond motifs is 1. The summed E-state index contributed by atoms with van der Waals surface area (Å²) in [6.45, 7) is 5.87. The van der Waals surface area contributed by atoms with E-state index in [1.165, 1.54) is 0 Å². The summed E-state index contributed by atoms with van der Waals surface area (Å²) in [4.78, 5) is 28.7. The van der Waals surface area contributed by atoms with Gasteiger partial charge in [-0.1, -0.05) is 26.3 Å². The van der Waals surface area contributed by atoms with E-state index < -0.39 is 6.04 Å². The van der Waals surface area contributed by atoms with Crippen LogP contribution in [-0.2, 0) is 4.79 Å². The zero-order valence-corrected chi connectivity index (χ0v) is 12.6. The Labute approximate surface area is 123 Å². The molecule has 21 heavy (non-hydrogen) atoms. The lowest BCUT2D eigenvalue weighted by molar-refractivity contribution is -0.124. The van der Waals surface area contributed by atoms with Crippen LogP contribution in [-0.4, -0.2) is 21.9 Å². The summed E-state index contributed by atoms with van der Waals surface area (Å²) >= 11 is 0. The lowest BCUT2D eigenvalue weighted by Gasteiger charge is -2.21. The van der Waals surface area contributed by atoms with Gasteiger partial charge in [-0.25, -0.2) is 4.79 Å². The molecule has 3 atom stereocenters. The van der Waals surface area contributed by atoms with E-state index in [0.717, 1.165) is 23.0 Å². The third-order valence-electron chi connectivity index (χ3n) is 3.96. The Hall–Kier alpha value is -2.08. The second-order valence-electron chi connectivity index (χ2n) is 5.53. The Balaban J connectivity index is 2.12. The van der Waals surface area contributed by atoms with Gasteiger partial charge in [0, 0.05) is 0 Å². The van der Waals surface area contributed by atoms with E-state index in [2.05, 4.69) is 15.3 Å². The van der Waals surface area contributed by atoms with Gasteiger partial charge in [0.25, 0.3) is 0 Å². The van der Waals surface area contributed by atoms with E-state index in [0.29, 0.717) is 0 Å². The van der Waals surface area contributed by atoms with Crippen molar-refractivity contribution >= 4 is 16.9 Å². The van der Waals surface area contributed by atoms with Crippen molar-refractivity contribution in [2.75, 3.05) is 0 Å². The molecule has 1 heterocycles. The molecular formula is C15H22N4O2. The van der Waals surface area contributed by atoms with Crippen LogP contribution in [0, 0.1) is 5.92 Å². The van der Waals surface area contributed by atoms with E-state index in [-0.39, 0.29) is 23.6 Å². The number of carbonyl (C=O) groups excluding carboxylic acids is 1. The number of nitrogens with two attached hydrogens (primary N) is 1. The van der Waals surface area contributed by atoms with Gasteiger partial charge >= 0.3 is 5.69 Å². The number of amides is 1. The molecule has 6 heteroatoms. The van der Waals surface area contributed by atoms with Gasteiger partial charge in [0.1, 0.15) is 0 Å². The number of H-pyrrole nitrogens is 2. The number of aromatic amines is 2. The van der Waals surface area contributed by atoms with Crippen molar-refractivity contribution in [2.24, 2.45) is 11.7 Å². The summed E-state index contributed by atoms with van der Waals surface area (Å²) in [6, 6.07) is 4.88. The highest BCUT2D eigenvalue weighted by atomic mass is 16.2. The quantitative estimate of drug-likeness (QED) is 0.669. The number of hydrogen-bond donors (Lipinski definition) is 4. The van der Waals surface area contributed by atoms with Crippen molar-refractivity contribution in [3.63, 3.8) is 0 Å². The maximum Gasteiger partial charge on any atom is 0.323 e. The minimum absolute atomic E-state index is 0.140. The first-order valence-electron chi connectivity index (χ1n) is 7.20. The first-order valence-corrected chi connectivity index (χ1v) is 7.20. The summed E-state index contributed by atoms with van der Waals surface area (Å²) in [5, 5.41) is 2.92. The maximum atomic E-state index is 12.1. The molecule has 0 saturated carbocycles. The summed E-state index contributed by atoms with van der Waals surface area (Å²) in [7, 11) is 0. The van der Waals surface area contributed by atoms with Crippen LogP contribution in [0.4, 0.5) is 0 Å². The third kappa shape index (κ3) is 3.33. The molecule has 6 nitrogen and oxygen atoms in total. The molecule has 2 rings (SSSR count). The molecule has 1 unspecified atom stereocenters. The Kier molecular flexibility index (Phi) is 4.47. The highest BCUT2D eigenvalue weighted by molar-refractivity contribution is 5.82. The van der Waals surface area contributed by atoms with Gasteiger partial charge in [-0.05, 0) is 30.5 Å². The normalized spacial score (nSPS) is 15.6. The molecule has 114 valence electrons. The Bertz CT molecular complexity index is 688. The van der Waals surface area contributed by atoms with Crippen molar-refractivity contribution in [1.29, 1.82) is 0 Å². The van der Waals surface area contributed by atoms with Crippen LogP contribution in [0.2, 0.25) is 0 Å². The Morgan fingerprint density at radius 2 is 1.95 bits per heavy atom. The van der Waals surface area contributed by atoms with Crippen LogP contribution >= 0.6 is 0 Å². The zero-order chi connectivity index (χ0) is 15.6. The van der Waals surface area contributed by atoms with Crippen molar-refractivity contribution in [3.05, 3.63) is 34.2 Å². The number of benzene rings is 1. The van der Waals surface area contributed by atoms with Crippen molar-refractivity contribution in [1.82, 2.24) is 15.3 Å². The molecule has 0 fully saturated rings. The van der Waals surface area contributed by atoms with Gasteiger partial charge in [-0.15, -0.1) is 0 Å². The van der Waals surface area contributed by atoms with Crippen LogP contribution < -0.4 is 16.7 Å². The molecule has 0 spiro atoms. The van der Waals surface area contributed by atoms with Crippen LogP contribution in [0.25, 0.3) is 11.0 Å². The van der Waals surface area contributed by atoms with E-state index >= 15 is 0 Å². The average molecular weight is 290 g/mol. The SMILES string of the molecule is CC[C@H](C)[C@H](N)C(=O)NC(C)c1ccc2[nH]c(=O)[nH]c2c1. The standard InChI is InChI=1S/C15H22N4O2/c1-4-8(2)13(16)14(20)17-9(3)10-5-6-11-12(7-10)19-15(21)18-11/h5-9,13H,4,16H2,1-3H3,(H,17,20)(H2,18,19,21)/t8-,9?,13-/m0/s1. The van der Waals surface area contributed by atoms with E-state index in [1.54, 1.807) is 0 Å². The summed E-state index contributed by atoms with van der Waals surface area (Å²) in [5.41, 5.74) is 8.08. The van der Waals surface area contributed by atoms with Gasteiger partial charge < -0.3 is 21.0 Å². The second kappa shape index (κ2) is 6.13. The molecule has 2 aromatic rings. The summed E-state index contributed by atoms with van der Waals surface area (Å²) in [5.74, 6) is -0.0137. The van der Waals surface area contributed by atoms with Crippen molar-refractivity contribution in [3.8, 4) is 0 Å². The Morgan fingerprint density at radius 3 is 2.62 bits per heavy atom. The van der Waals surface area contributed by atoms with Gasteiger partial charge in [0.05, 0.1) is 23.1 Å². The lowest BCUT2D eigenvalue weighted by atomic mass is 9.98. The van der Waals surface area contributed by atoms with E-state index in [9.17, 15) is 9.59 Å². The number of imidazole rings is 1. The first-order chi connectivity index (χ1) is 9.92. The number of rotatable bonds is 5. The monoisotopic (exact) mass is 290 g/mol. The van der Waals surface area contributed by atoms with E-state index in [4.69, 9.17) is 5.73 Å². The van der Waals surface area contributed by atoms with Crippen molar-refractivity contribution in [2.45, 2.75) is 39.3 Å². The number of hydrogen-bond acceptors (Lipinski definition) is 3. The van der Waals surface area contributed by atoms with Crippen LogP contribution in [0.15, 0.2) is 23.0 Å². The summed E-state index contributed by atoms with van der Waals surface area (Å²) < 4.78 is 0. The molecule has 1 aromatic carbocycles. The van der Waals surface area contributed by atoms with Crippen molar-refractivity contribution < 1.29 is 4.79 Å². The highest BCUT2D eigenvalue weighted by Gasteiger charge is 2.21. The van der Waals surface area contributed by atoms with Crippen LogP contribution in [0.5, 0.6) is 0 Å². The van der Waals surface area contributed by atoms with Gasteiger partial charge in [0.15, 0.2) is 0 Å². The first kappa shape index (κ1) is 15.3. The molecule has 0 bridgehead atoms. The topological polar surface area (TPSA) is 104 Å². The fourth-order valence-corrected chi connectivity index (χ4v) is 2.22. The smallest absolute Gasteiger partial charge is 0.323 e. The van der Waals surface area contributed by atoms with Crippen LogP contribution in [0.3, 0.4) is 0 Å². The molecule has 1 aromatic heterocycles. The lowest BCUT2D eigenvalue weighted by Crippen LogP contribution is -2.45. The maximum absolute atomic E-state index is 12.1.